The molecule has 20 heavy (non-hydrogen) atoms. The van der Waals surface area contributed by atoms with Crippen LogP contribution in [-0.4, -0.2) is 16.3 Å². The first-order valence-corrected chi connectivity index (χ1v) is 7.25. The highest BCUT2D eigenvalue weighted by atomic mass is 19.1. The highest BCUT2D eigenvalue weighted by molar-refractivity contribution is 5.29. The Hall–Kier alpha value is -1.68. The summed E-state index contributed by atoms with van der Waals surface area (Å²) in [5.41, 5.74) is 3.10. The first-order chi connectivity index (χ1) is 9.69. The molecule has 0 saturated carbocycles. The highest BCUT2D eigenvalue weighted by Crippen LogP contribution is 2.24. The number of halogens is 1. The summed E-state index contributed by atoms with van der Waals surface area (Å²) in [4.78, 5) is 0. The molecule has 0 bridgehead atoms. The number of hydrogen-bond acceptors (Lipinski definition) is 2. The Kier molecular flexibility index (Phi) is 4.90. The maximum atomic E-state index is 13.5. The normalized spacial score (nSPS) is 12.6. The fourth-order valence-electron chi connectivity index (χ4n) is 2.43. The van der Waals surface area contributed by atoms with Crippen molar-refractivity contribution in [2.24, 2.45) is 0 Å². The summed E-state index contributed by atoms with van der Waals surface area (Å²) in [6.07, 6.45) is 0.905. The van der Waals surface area contributed by atoms with Crippen molar-refractivity contribution in [2.75, 3.05) is 6.54 Å². The average molecular weight is 275 g/mol. The lowest BCUT2D eigenvalue weighted by Gasteiger charge is -2.19. The van der Waals surface area contributed by atoms with Gasteiger partial charge in [0.15, 0.2) is 0 Å². The molecule has 0 spiro atoms. The van der Waals surface area contributed by atoms with E-state index in [2.05, 4.69) is 37.3 Å². The molecule has 0 aliphatic rings. The molecule has 3 nitrogen and oxygen atoms in total. The van der Waals surface area contributed by atoms with Crippen LogP contribution in [-0.2, 0) is 13.0 Å². The zero-order chi connectivity index (χ0) is 14.5. The van der Waals surface area contributed by atoms with Crippen molar-refractivity contribution < 1.29 is 4.39 Å². The number of nitrogens with one attached hydrogen (secondary N) is 1. The third-order valence-electron chi connectivity index (χ3n) is 3.41. The summed E-state index contributed by atoms with van der Waals surface area (Å²) in [7, 11) is 0. The van der Waals surface area contributed by atoms with Crippen molar-refractivity contribution >= 4 is 0 Å². The summed E-state index contributed by atoms with van der Waals surface area (Å²) in [5.74, 6) is -0.205. The van der Waals surface area contributed by atoms with Crippen molar-refractivity contribution in [1.82, 2.24) is 15.1 Å². The van der Waals surface area contributed by atoms with Gasteiger partial charge in [-0.2, -0.15) is 5.10 Å². The van der Waals surface area contributed by atoms with Crippen LogP contribution >= 0.6 is 0 Å². The Balaban J connectivity index is 2.45. The fraction of sp³-hybridized carbons (Fsp3) is 0.438. The van der Waals surface area contributed by atoms with Crippen LogP contribution in [0, 0.1) is 5.82 Å². The van der Waals surface area contributed by atoms with Crippen LogP contribution in [0.1, 0.15) is 43.8 Å². The number of nitrogens with zero attached hydrogens (tertiary/aromatic N) is 2. The van der Waals surface area contributed by atoms with Gasteiger partial charge in [-0.1, -0.05) is 26.0 Å². The monoisotopic (exact) mass is 275 g/mol. The molecule has 1 unspecified atom stereocenters. The van der Waals surface area contributed by atoms with Gasteiger partial charge in [-0.15, -0.1) is 0 Å². The first kappa shape index (κ1) is 14.7. The molecule has 1 heterocycles. The third-order valence-corrected chi connectivity index (χ3v) is 3.41. The minimum atomic E-state index is -0.205. The van der Waals surface area contributed by atoms with Crippen LogP contribution < -0.4 is 5.32 Å². The average Bonchev–Trinajstić information content (AvgIpc) is 2.87. The zero-order valence-electron chi connectivity index (χ0n) is 12.4. The molecule has 2 rings (SSSR count). The molecule has 0 fully saturated rings. The second-order valence-corrected chi connectivity index (χ2v) is 4.78. The lowest BCUT2D eigenvalue weighted by Crippen LogP contribution is -2.24. The van der Waals surface area contributed by atoms with Crippen molar-refractivity contribution in [2.45, 2.75) is 39.8 Å². The van der Waals surface area contributed by atoms with Gasteiger partial charge in [0.2, 0.25) is 0 Å². The lowest BCUT2D eigenvalue weighted by atomic mass is 10.0. The summed E-state index contributed by atoms with van der Waals surface area (Å²) >= 11 is 0. The molecule has 0 saturated heterocycles. The van der Waals surface area contributed by atoms with Gasteiger partial charge in [0, 0.05) is 6.54 Å². The standard InChI is InChI=1S/C16H22FN3/c1-4-14-11-15(20(6-3)19-14)16(18-5-2)12-8-7-9-13(17)10-12/h7-11,16,18H,4-6H2,1-3H3. The largest absolute Gasteiger partial charge is 0.305 e. The Bertz CT molecular complexity index is 563. The van der Waals surface area contributed by atoms with Gasteiger partial charge in [-0.25, -0.2) is 4.39 Å². The molecular weight excluding hydrogens is 253 g/mol. The van der Waals surface area contributed by atoms with Gasteiger partial charge in [0.25, 0.3) is 0 Å². The second-order valence-electron chi connectivity index (χ2n) is 4.78. The Labute approximate surface area is 119 Å². The predicted molar refractivity (Wildman–Crippen MR) is 79.2 cm³/mol. The molecule has 1 N–H and O–H groups in total. The van der Waals surface area contributed by atoms with Crippen molar-refractivity contribution in [1.29, 1.82) is 0 Å². The van der Waals surface area contributed by atoms with E-state index in [9.17, 15) is 4.39 Å². The zero-order valence-corrected chi connectivity index (χ0v) is 12.4. The molecule has 1 aromatic carbocycles. The van der Waals surface area contributed by atoms with Crippen LogP contribution in [0.25, 0.3) is 0 Å². The maximum Gasteiger partial charge on any atom is 0.123 e. The van der Waals surface area contributed by atoms with Crippen LogP contribution in [0.5, 0.6) is 0 Å². The number of aromatic nitrogens is 2. The molecule has 0 amide bonds. The molecular formula is C16H22FN3. The molecule has 0 aliphatic heterocycles. The summed E-state index contributed by atoms with van der Waals surface area (Å²) < 4.78 is 15.5. The maximum absolute atomic E-state index is 13.5. The Morgan fingerprint density at radius 3 is 2.65 bits per heavy atom. The van der Waals surface area contributed by atoms with Gasteiger partial charge < -0.3 is 5.32 Å². The molecule has 4 heteroatoms. The predicted octanol–water partition coefficient (Wildman–Crippen LogP) is 3.30. The van der Waals surface area contributed by atoms with Crippen molar-refractivity contribution in [3.63, 3.8) is 0 Å². The highest BCUT2D eigenvalue weighted by Gasteiger charge is 2.19. The minimum Gasteiger partial charge on any atom is -0.305 e. The minimum absolute atomic E-state index is 0.0246. The molecule has 108 valence electrons. The lowest BCUT2D eigenvalue weighted by molar-refractivity contribution is 0.536. The number of aryl methyl sites for hydroxylation is 2. The quantitative estimate of drug-likeness (QED) is 0.876. The smallest absolute Gasteiger partial charge is 0.123 e. The Morgan fingerprint density at radius 1 is 1.25 bits per heavy atom. The molecule has 2 aromatic rings. The van der Waals surface area contributed by atoms with E-state index in [-0.39, 0.29) is 11.9 Å². The van der Waals surface area contributed by atoms with E-state index in [0.717, 1.165) is 36.5 Å². The van der Waals surface area contributed by atoms with E-state index in [1.165, 1.54) is 6.07 Å². The SMILES string of the molecule is CCNC(c1cccc(F)c1)c1cc(CC)nn1CC. The molecule has 0 aliphatic carbocycles. The van der Waals surface area contributed by atoms with Gasteiger partial charge in [0.05, 0.1) is 17.4 Å². The number of rotatable bonds is 6. The van der Waals surface area contributed by atoms with Crippen LogP contribution in [0.2, 0.25) is 0 Å². The fourth-order valence-corrected chi connectivity index (χ4v) is 2.43. The van der Waals surface area contributed by atoms with Gasteiger partial charge in [-0.05, 0) is 43.7 Å². The van der Waals surface area contributed by atoms with Crippen molar-refractivity contribution in [3.05, 3.63) is 53.1 Å². The van der Waals surface area contributed by atoms with Crippen LogP contribution in [0.15, 0.2) is 30.3 Å². The van der Waals surface area contributed by atoms with E-state index < -0.39 is 0 Å². The topological polar surface area (TPSA) is 29.9 Å². The van der Waals surface area contributed by atoms with Gasteiger partial charge in [-0.3, -0.25) is 4.68 Å². The van der Waals surface area contributed by atoms with Gasteiger partial charge in [0.1, 0.15) is 5.82 Å². The molecule has 0 radical (unpaired) electrons. The number of benzene rings is 1. The third kappa shape index (κ3) is 3.07. The van der Waals surface area contributed by atoms with Crippen LogP contribution in [0.4, 0.5) is 4.39 Å². The van der Waals surface area contributed by atoms with Crippen molar-refractivity contribution in [3.8, 4) is 0 Å². The van der Waals surface area contributed by atoms with Gasteiger partial charge >= 0.3 is 0 Å². The second kappa shape index (κ2) is 6.66. The molecule has 1 aromatic heterocycles. The summed E-state index contributed by atoms with van der Waals surface area (Å²) in [6, 6.07) is 8.86. The van der Waals surface area contributed by atoms with E-state index in [0.29, 0.717) is 0 Å². The van der Waals surface area contributed by atoms with Crippen LogP contribution in [0.3, 0.4) is 0 Å². The first-order valence-electron chi connectivity index (χ1n) is 7.25. The summed E-state index contributed by atoms with van der Waals surface area (Å²) in [6.45, 7) is 7.85. The van der Waals surface area contributed by atoms with E-state index in [4.69, 9.17) is 0 Å². The van der Waals surface area contributed by atoms with E-state index in [1.54, 1.807) is 12.1 Å². The summed E-state index contributed by atoms with van der Waals surface area (Å²) in [5, 5.41) is 8.01. The number of hydrogen-bond donors (Lipinski definition) is 1. The molecule has 1 atom stereocenters. The van der Waals surface area contributed by atoms with E-state index >= 15 is 0 Å². The Morgan fingerprint density at radius 2 is 2.05 bits per heavy atom. The van der Waals surface area contributed by atoms with E-state index in [1.807, 2.05) is 10.7 Å².